The van der Waals surface area contributed by atoms with Gasteiger partial charge < -0.3 is 43.9 Å². The fourth-order valence-electron chi connectivity index (χ4n) is 9.47. The number of rotatable bonds is 7. The summed E-state index contributed by atoms with van der Waals surface area (Å²) in [4.78, 5) is 57.9. The third-order valence-electron chi connectivity index (χ3n) is 13.5. The molecule has 60 heavy (non-hydrogen) atoms. The highest BCUT2D eigenvalue weighted by atomic mass is 19.1. The van der Waals surface area contributed by atoms with Crippen molar-refractivity contribution in [3.05, 3.63) is 35.1 Å². The number of aliphatic hydroxyl groups is 3. The number of amides is 1. The van der Waals surface area contributed by atoms with E-state index in [1.165, 1.54) is 14.2 Å². The molecule has 2 saturated heterocycles. The summed E-state index contributed by atoms with van der Waals surface area (Å²) in [6.07, 6.45) is 0.970. The van der Waals surface area contributed by atoms with E-state index in [4.69, 9.17) is 23.7 Å². The molecule has 3 N–H and O–H groups in total. The summed E-state index contributed by atoms with van der Waals surface area (Å²) in [7, 11) is 2.88. The van der Waals surface area contributed by atoms with Crippen molar-refractivity contribution in [1.29, 1.82) is 0 Å². The number of allylic oxidation sites excluding steroid dienone is 5. The minimum atomic E-state index is -2.61. The molecule has 1 amide bonds. The van der Waals surface area contributed by atoms with Gasteiger partial charge in [0.25, 0.3) is 11.7 Å². The number of methoxy groups -OCH3 is 2. The maximum Gasteiger partial charge on any atom is 0.329 e. The van der Waals surface area contributed by atoms with Gasteiger partial charge in [-0.25, -0.2) is 9.18 Å². The van der Waals surface area contributed by atoms with Gasteiger partial charge in [0, 0.05) is 44.9 Å². The Kier molecular flexibility index (Phi) is 18.1. The standard InChI is InChI=1S/C46H72FNO12/c1-11-29(7)58-37-23-31(16-17-34(37)49)19-27(5)41-30(8)35(50)24-36(51)32(12-2)20-25(3)40(47)26(4)21-38(56-9)42-39(57-10)22-28(6)46(55,60-42)43(52)44(53)48-18-14-13-15-33(48)45(54)59-41/h11,19-20,26,28,30-35,37-42,49-50,55H,12-18,21-24H2,1-10H3/b25-20+,27-19?,29-11?. The Hall–Kier alpha value is -3.01. The Morgan fingerprint density at radius 3 is 2.27 bits per heavy atom. The predicted molar refractivity (Wildman–Crippen MR) is 222 cm³/mol. The number of aliphatic hydroxyl groups excluding tert-OH is 2. The third kappa shape index (κ3) is 11.5. The van der Waals surface area contributed by atoms with Crippen LogP contribution in [0.4, 0.5) is 4.39 Å². The molecular formula is C46H72FNO12. The number of cyclic esters (lactones) is 1. The van der Waals surface area contributed by atoms with Crippen molar-refractivity contribution in [2.45, 2.75) is 180 Å². The molecule has 15 atom stereocenters. The molecule has 0 aromatic rings. The summed E-state index contributed by atoms with van der Waals surface area (Å²) >= 11 is 0. The highest BCUT2D eigenvalue weighted by Crippen LogP contribution is 2.40. The van der Waals surface area contributed by atoms with Gasteiger partial charge in [0.15, 0.2) is 0 Å². The molecule has 15 unspecified atom stereocenters. The largest absolute Gasteiger partial charge is 0.493 e. The Bertz CT molecular complexity index is 1600. The first-order chi connectivity index (χ1) is 28.3. The highest BCUT2D eigenvalue weighted by Gasteiger charge is 2.57. The SMILES string of the molecule is CC=C(C)OC1CC(C=C(C)C2OC(=O)C3CCCCN3C(=O)C(=O)C3(O)OC(C(OC)CC(C)C(F)/C(C)=C/C(CC)C(=O)CC(O)C2C)C(OC)CC3C)CCC1O. The number of hydrogen-bond donors (Lipinski definition) is 3. The van der Waals surface area contributed by atoms with Gasteiger partial charge in [-0.2, -0.15) is 0 Å². The zero-order chi connectivity index (χ0) is 44.6. The van der Waals surface area contributed by atoms with Crippen molar-refractivity contribution < 1.29 is 62.6 Å². The van der Waals surface area contributed by atoms with E-state index in [1.54, 1.807) is 40.7 Å². The average molecular weight is 850 g/mol. The molecule has 1 saturated carbocycles. The molecule has 13 nitrogen and oxygen atoms in total. The van der Waals surface area contributed by atoms with Crippen LogP contribution in [-0.2, 0) is 42.9 Å². The van der Waals surface area contributed by atoms with Crippen molar-refractivity contribution in [3.63, 3.8) is 0 Å². The molecule has 340 valence electrons. The van der Waals surface area contributed by atoms with E-state index < -0.39 is 102 Å². The van der Waals surface area contributed by atoms with Gasteiger partial charge in [0.2, 0.25) is 5.79 Å². The number of hydrogen-bond acceptors (Lipinski definition) is 12. The fraction of sp³-hybridized carbons (Fsp3) is 0.783. The molecule has 2 bridgehead atoms. The van der Waals surface area contributed by atoms with E-state index in [9.17, 15) is 34.5 Å². The number of piperidine rings is 1. The van der Waals surface area contributed by atoms with Crippen LogP contribution in [0, 0.1) is 29.6 Å². The summed E-state index contributed by atoms with van der Waals surface area (Å²) in [5.74, 6) is -8.50. The van der Waals surface area contributed by atoms with E-state index in [1.807, 2.05) is 32.9 Å². The molecule has 4 rings (SSSR count). The van der Waals surface area contributed by atoms with Gasteiger partial charge in [0.1, 0.15) is 36.3 Å². The van der Waals surface area contributed by atoms with E-state index in [0.29, 0.717) is 55.4 Å². The number of carbonyl (C=O) groups excluding carboxylic acids is 4. The van der Waals surface area contributed by atoms with E-state index in [2.05, 4.69) is 0 Å². The van der Waals surface area contributed by atoms with Gasteiger partial charge in [0.05, 0.1) is 30.2 Å². The molecule has 0 aromatic heterocycles. The lowest BCUT2D eigenvalue weighted by Crippen LogP contribution is -2.64. The third-order valence-corrected chi connectivity index (χ3v) is 13.5. The molecule has 1 aliphatic carbocycles. The van der Waals surface area contributed by atoms with Crippen molar-refractivity contribution >= 4 is 23.4 Å². The van der Waals surface area contributed by atoms with E-state index in [0.717, 1.165) is 4.90 Å². The summed E-state index contributed by atoms with van der Waals surface area (Å²) in [5.41, 5.74) is 0.937. The molecule has 0 spiro atoms. The molecule has 0 radical (unpaired) electrons. The first-order valence-corrected chi connectivity index (χ1v) is 22.0. The number of esters is 1. The van der Waals surface area contributed by atoms with Crippen LogP contribution in [0.15, 0.2) is 35.1 Å². The number of nitrogens with zero attached hydrogens (tertiary/aromatic N) is 1. The van der Waals surface area contributed by atoms with Crippen molar-refractivity contribution in [3.8, 4) is 0 Å². The molecule has 3 fully saturated rings. The maximum atomic E-state index is 16.2. The maximum absolute atomic E-state index is 16.2. The number of Topliss-reactive ketones (excluding diaryl/α,β-unsaturated/α-hetero) is 2. The van der Waals surface area contributed by atoms with Gasteiger partial charge in [-0.15, -0.1) is 0 Å². The first-order valence-electron chi connectivity index (χ1n) is 22.0. The van der Waals surface area contributed by atoms with Gasteiger partial charge in [-0.1, -0.05) is 39.8 Å². The Balaban J connectivity index is 1.78. The second-order valence-corrected chi connectivity index (χ2v) is 17.9. The topological polar surface area (TPSA) is 178 Å². The average Bonchev–Trinajstić information content (AvgIpc) is 3.23. The summed E-state index contributed by atoms with van der Waals surface area (Å²) in [6.45, 7) is 13.9. The highest BCUT2D eigenvalue weighted by molar-refractivity contribution is 6.39. The molecular weight excluding hydrogens is 777 g/mol. The first kappa shape index (κ1) is 49.6. The molecule has 0 aromatic carbocycles. The quantitative estimate of drug-likeness (QED) is 0.123. The molecule has 3 aliphatic heterocycles. The second kappa shape index (κ2) is 21.9. The van der Waals surface area contributed by atoms with Gasteiger partial charge in [-0.3, -0.25) is 14.4 Å². The summed E-state index contributed by atoms with van der Waals surface area (Å²) < 4.78 is 46.3. The lowest BCUT2D eigenvalue weighted by atomic mass is 9.81. The van der Waals surface area contributed by atoms with E-state index >= 15 is 4.39 Å². The minimum Gasteiger partial charge on any atom is -0.493 e. The molecule has 3 heterocycles. The van der Waals surface area contributed by atoms with Gasteiger partial charge >= 0.3 is 5.97 Å². The number of ether oxygens (including phenoxy) is 5. The summed E-state index contributed by atoms with van der Waals surface area (Å²) in [6, 6.07) is -1.19. The second-order valence-electron chi connectivity index (χ2n) is 17.9. The van der Waals surface area contributed by atoms with Crippen LogP contribution < -0.4 is 0 Å². The van der Waals surface area contributed by atoms with Crippen molar-refractivity contribution in [2.24, 2.45) is 29.6 Å². The zero-order valence-corrected chi connectivity index (χ0v) is 37.4. The van der Waals surface area contributed by atoms with Crippen LogP contribution in [-0.4, -0.2) is 125 Å². The predicted octanol–water partition coefficient (Wildman–Crippen LogP) is 5.71. The monoisotopic (exact) mass is 850 g/mol. The Morgan fingerprint density at radius 1 is 0.967 bits per heavy atom. The number of fused-ring (bicyclic) bond motifs is 3. The Labute approximate surface area is 356 Å². The van der Waals surface area contributed by atoms with Crippen LogP contribution in [0.5, 0.6) is 0 Å². The van der Waals surface area contributed by atoms with Crippen LogP contribution in [0.25, 0.3) is 0 Å². The van der Waals surface area contributed by atoms with Crippen molar-refractivity contribution in [1.82, 2.24) is 4.90 Å². The lowest BCUT2D eigenvalue weighted by molar-refractivity contribution is -0.302. The fourth-order valence-corrected chi connectivity index (χ4v) is 9.47. The van der Waals surface area contributed by atoms with Crippen LogP contribution >= 0.6 is 0 Å². The smallest absolute Gasteiger partial charge is 0.329 e. The molecule has 14 heteroatoms. The number of alkyl halides is 1. The summed E-state index contributed by atoms with van der Waals surface area (Å²) in [5, 5.41) is 34.5. The Morgan fingerprint density at radius 2 is 1.63 bits per heavy atom. The zero-order valence-electron chi connectivity index (χ0n) is 37.4. The van der Waals surface area contributed by atoms with Gasteiger partial charge in [-0.05, 0) is 115 Å². The van der Waals surface area contributed by atoms with E-state index in [-0.39, 0.29) is 43.9 Å². The number of halogens is 1. The lowest BCUT2D eigenvalue weighted by Gasteiger charge is -2.47. The van der Waals surface area contributed by atoms with Crippen LogP contribution in [0.3, 0.4) is 0 Å². The van der Waals surface area contributed by atoms with Crippen molar-refractivity contribution in [2.75, 3.05) is 20.8 Å². The number of carbonyl (C=O) groups is 4. The van der Waals surface area contributed by atoms with Crippen LogP contribution in [0.1, 0.15) is 120 Å². The minimum absolute atomic E-state index is 0.0450. The number of ketones is 2. The molecule has 4 aliphatic rings. The van der Waals surface area contributed by atoms with Crippen LogP contribution in [0.2, 0.25) is 0 Å². The normalized spacial score (nSPS) is 41.1.